The highest BCUT2D eigenvalue weighted by molar-refractivity contribution is 5.85. The highest BCUT2D eigenvalue weighted by Gasteiger charge is 2.21. The quantitative estimate of drug-likeness (QED) is 0.897. The van der Waals surface area contributed by atoms with Gasteiger partial charge in [0.05, 0.1) is 6.61 Å². The van der Waals surface area contributed by atoms with E-state index in [9.17, 15) is 4.79 Å². The maximum atomic E-state index is 11.9. The van der Waals surface area contributed by atoms with E-state index in [1.54, 1.807) is 0 Å². The van der Waals surface area contributed by atoms with Crippen LogP contribution in [0.3, 0.4) is 0 Å². The molecule has 1 unspecified atom stereocenters. The summed E-state index contributed by atoms with van der Waals surface area (Å²) in [5.74, 6) is -0.0444. The summed E-state index contributed by atoms with van der Waals surface area (Å²) in [4.78, 5) is 11.9. The number of nitrogens with one attached hydrogen (secondary N) is 2. The third-order valence-electron chi connectivity index (χ3n) is 3.51. The average molecular weight is 313 g/mol. The van der Waals surface area contributed by atoms with Crippen molar-refractivity contribution in [3.05, 3.63) is 35.4 Å². The van der Waals surface area contributed by atoms with Crippen LogP contribution in [-0.4, -0.2) is 31.7 Å². The molecule has 1 aromatic rings. The summed E-state index contributed by atoms with van der Waals surface area (Å²) in [6.07, 6.45) is -0.363. The summed E-state index contributed by atoms with van der Waals surface area (Å²) in [5.41, 5.74) is 2.56. The first-order valence-electron chi connectivity index (χ1n) is 7.16. The van der Waals surface area contributed by atoms with Crippen LogP contribution >= 0.6 is 12.4 Å². The van der Waals surface area contributed by atoms with Gasteiger partial charge in [0.2, 0.25) is 0 Å². The molecule has 5 heteroatoms. The molecule has 0 aromatic heterocycles. The van der Waals surface area contributed by atoms with Gasteiger partial charge in [-0.2, -0.15) is 0 Å². The minimum atomic E-state index is -0.363. The first kappa shape index (κ1) is 18.0. The van der Waals surface area contributed by atoms with Crippen molar-refractivity contribution < 1.29 is 9.53 Å². The number of carbonyl (C=O) groups is 1. The smallest absolute Gasteiger partial charge is 0.250 e. The van der Waals surface area contributed by atoms with Gasteiger partial charge in [0.1, 0.15) is 6.10 Å². The monoisotopic (exact) mass is 312 g/mol. The summed E-state index contributed by atoms with van der Waals surface area (Å²) in [6.45, 7) is 9.12. The molecule has 1 amide bonds. The van der Waals surface area contributed by atoms with E-state index in [1.807, 2.05) is 0 Å². The van der Waals surface area contributed by atoms with Crippen molar-refractivity contribution in [3.8, 4) is 0 Å². The molecule has 0 radical (unpaired) electrons. The Bertz CT molecular complexity index is 448. The Morgan fingerprint density at radius 3 is 2.52 bits per heavy atom. The van der Waals surface area contributed by atoms with Crippen LogP contribution in [0.2, 0.25) is 0 Å². The predicted octanol–water partition coefficient (Wildman–Crippen LogP) is 2.01. The molecular weight excluding hydrogens is 288 g/mol. The van der Waals surface area contributed by atoms with Crippen molar-refractivity contribution in [2.75, 3.05) is 19.7 Å². The van der Waals surface area contributed by atoms with E-state index in [2.05, 4.69) is 55.7 Å². The highest BCUT2D eigenvalue weighted by atomic mass is 35.5. The number of hydrogen-bond donors (Lipinski definition) is 2. The van der Waals surface area contributed by atoms with Crippen LogP contribution in [0, 0.1) is 0 Å². The Balaban J connectivity index is 0.00000220. The zero-order valence-electron chi connectivity index (χ0n) is 12.9. The average Bonchev–Trinajstić information content (AvgIpc) is 2.45. The normalized spacial score (nSPS) is 18.7. The molecule has 1 saturated heterocycles. The van der Waals surface area contributed by atoms with Gasteiger partial charge in [0, 0.05) is 19.6 Å². The summed E-state index contributed by atoms with van der Waals surface area (Å²) in [6, 6.07) is 8.39. The summed E-state index contributed by atoms with van der Waals surface area (Å²) in [7, 11) is 0. The largest absolute Gasteiger partial charge is 0.366 e. The van der Waals surface area contributed by atoms with E-state index < -0.39 is 0 Å². The summed E-state index contributed by atoms with van der Waals surface area (Å²) in [5, 5.41) is 6.08. The number of carbonyl (C=O) groups excluding carboxylic acids is 1. The third-order valence-corrected chi connectivity index (χ3v) is 3.51. The molecule has 1 aliphatic heterocycles. The van der Waals surface area contributed by atoms with E-state index in [0.717, 1.165) is 12.1 Å². The van der Waals surface area contributed by atoms with Crippen LogP contribution in [0.25, 0.3) is 0 Å². The Morgan fingerprint density at radius 1 is 1.33 bits per heavy atom. The molecule has 1 aliphatic rings. The highest BCUT2D eigenvalue weighted by Crippen LogP contribution is 2.22. The van der Waals surface area contributed by atoms with Crippen molar-refractivity contribution in [2.24, 2.45) is 0 Å². The molecule has 0 aliphatic carbocycles. The van der Waals surface area contributed by atoms with Gasteiger partial charge in [-0.05, 0) is 16.5 Å². The molecule has 2 rings (SSSR count). The molecule has 118 valence electrons. The molecule has 1 fully saturated rings. The second-order valence-electron chi connectivity index (χ2n) is 6.23. The van der Waals surface area contributed by atoms with Crippen molar-refractivity contribution in [1.82, 2.24) is 10.6 Å². The molecular formula is C16H25ClN2O2. The zero-order chi connectivity index (χ0) is 14.6. The van der Waals surface area contributed by atoms with E-state index in [4.69, 9.17) is 4.74 Å². The van der Waals surface area contributed by atoms with Crippen LogP contribution < -0.4 is 10.6 Å². The molecule has 4 nitrogen and oxygen atoms in total. The lowest BCUT2D eigenvalue weighted by atomic mass is 9.87. The number of rotatable bonds is 3. The van der Waals surface area contributed by atoms with Gasteiger partial charge in [-0.15, -0.1) is 12.4 Å². The number of benzene rings is 1. The van der Waals surface area contributed by atoms with E-state index in [0.29, 0.717) is 19.7 Å². The molecule has 1 aromatic carbocycles. The van der Waals surface area contributed by atoms with Gasteiger partial charge < -0.3 is 15.4 Å². The Morgan fingerprint density at radius 2 is 2.00 bits per heavy atom. The van der Waals surface area contributed by atoms with Gasteiger partial charge in [-0.1, -0.05) is 45.0 Å². The summed E-state index contributed by atoms with van der Waals surface area (Å²) >= 11 is 0. The van der Waals surface area contributed by atoms with Gasteiger partial charge in [0.15, 0.2) is 0 Å². The molecule has 21 heavy (non-hydrogen) atoms. The van der Waals surface area contributed by atoms with Crippen molar-refractivity contribution in [3.63, 3.8) is 0 Å². The van der Waals surface area contributed by atoms with Crippen molar-refractivity contribution >= 4 is 18.3 Å². The fraction of sp³-hybridized carbons (Fsp3) is 0.562. The standard InChI is InChI=1S/C16H24N2O2.ClH/c1-16(2,3)13-6-4-12(5-7-13)10-18-15(19)14-11-17-8-9-20-14;/h4-7,14,17H,8-11H2,1-3H3,(H,18,19);1H. The molecule has 0 saturated carbocycles. The van der Waals surface area contributed by atoms with Crippen LogP contribution in [0.4, 0.5) is 0 Å². The molecule has 0 bridgehead atoms. The third kappa shape index (κ3) is 5.30. The topological polar surface area (TPSA) is 50.4 Å². The predicted molar refractivity (Wildman–Crippen MR) is 86.8 cm³/mol. The first-order valence-corrected chi connectivity index (χ1v) is 7.16. The van der Waals surface area contributed by atoms with Crippen LogP contribution in [0.1, 0.15) is 31.9 Å². The Kier molecular flexibility index (Phi) is 6.65. The number of ether oxygens (including phenoxy) is 1. The number of amides is 1. The lowest BCUT2D eigenvalue weighted by Gasteiger charge is -2.23. The molecule has 0 spiro atoms. The number of morpholine rings is 1. The van der Waals surface area contributed by atoms with Crippen molar-refractivity contribution in [1.29, 1.82) is 0 Å². The maximum Gasteiger partial charge on any atom is 0.250 e. The second kappa shape index (κ2) is 7.78. The van der Waals surface area contributed by atoms with Gasteiger partial charge >= 0.3 is 0 Å². The Labute approximate surface area is 133 Å². The first-order chi connectivity index (χ1) is 9.47. The van der Waals surface area contributed by atoms with E-state index in [1.165, 1.54) is 5.56 Å². The fourth-order valence-corrected chi connectivity index (χ4v) is 2.16. The van der Waals surface area contributed by atoms with Gasteiger partial charge in [-0.3, -0.25) is 4.79 Å². The Hall–Kier alpha value is -1.10. The van der Waals surface area contributed by atoms with Gasteiger partial charge in [-0.25, -0.2) is 0 Å². The van der Waals surface area contributed by atoms with Crippen LogP contribution in [-0.2, 0) is 21.5 Å². The lowest BCUT2D eigenvalue weighted by molar-refractivity contribution is -0.134. The minimum absolute atomic E-state index is 0. The van der Waals surface area contributed by atoms with Crippen LogP contribution in [0.15, 0.2) is 24.3 Å². The minimum Gasteiger partial charge on any atom is -0.366 e. The summed E-state index contributed by atoms with van der Waals surface area (Å²) < 4.78 is 5.42. The zero-order valence-corrected chi connectivity index (χ0v) is 13.8. The van der Waals surface area contributed by atoms with Gasteiger partial charge in [0.25, 0.3) is 5.91 Å². The molecule has 1 atom stereocenters. The number of halogens is 1. The molecule has 2 N–H and O–H groups in total. The number of hydrogen-bond acceptors (Lipinski definition) is 3. The lowest BCUT2D eigenvalue weighted by Crippen LogP contribution is -2.47. The SMILES string of the molecule is CC(C)(C)c1ccc(CNC(=O)C2CNCCO2)cc1.Cl. The van der Waals surface area contributed by atoms with Crippen LogP contribution in [0.5, 0.6) is 0 Å². The van der Waals surface area contributed by atoms with E-state index in [-0.39, 0.29) is 29.8 Å². The van der Waals surface area contributed by atoms with Crippen molar-refractivity contribution in [2.45, 2.75) is 38.8 Å². The second-order valence-corrected chi connectivity index (χ2v) is 6.23. The molecule has 1 heterocycles. The van der Waals surface area contributed by atoms with E-state index >= 15 is 0 Å². The maximum absolute atomic E-state index is 11.9. The fourth-order valence-electron chi connectivity index (χ4n) is 2.16.